The van der Waals surface area contributed by atoms with Gasteiger partial charge in [-0.05, 0) is 55.3 Å². The molecule has 1 aliphatic rings. The van der Waals surface area contributed by atoms with Crippen molar-refractivity contribution >= 4 is 29.2 Å². The summed E-state index contributed by atoms with van der Waals surface area (Å²) in [5.41, 5.74) is 0.230. The van der Waals surface area contributed by atoms with E-state index in [-0.39, 0.29) is 22.4 Å². The first-order valence-corrected chi connectivity index (χ1v) is 9.15. The van der Waals surface area contributed by atoms with Crippen LogP contribution in [0.25, 0.3) is 0 Å². The number of esters is 1. The molecule has 0 radical (unpaired) electrons. The average molecular weight is 408 g/mol. The smallest absolute Gasteiger partial charge is 0.338 e. The number of nitrogens with one attached hydrogen (secondary N) is 1. The minimum Gasteiger partial charge on any atom is -0.491 e. The Balaban J connectivity index is 1.45. The normalized spacial score (nSPS) is 15.9. The minimum absolute atomic E-state index is 0.0433. The number of anilines is 1. The maximum atomic E-state index is 13.6. The van der Waals surface area contributed by atoms with Gasteiger partial charge in [0.05, 0.1) is 17.4 Å². The quantitative estimate of drug-likeness (QED) is 0.706. The van der Waals surface area contributed by atoms with E-state index in [2.05, 4.69) is 5.32 Å². The van der Waals surface area contributed by atoms with Crippen molar-refractivity contribution in [1.29, 1.82) is 0 Å². The summed E-state index contributed by atoms with van der Waals surface area (Å²) in [5, 5.41) is 2.53. The molecule has 0 bridgehead atoms. The third-order valence-corrected chi connectivity index (χ3v) is 4.32. The molecule has 28 heavy (non-hydrogen) atoms. The van der Waals surface area contributed by atoms with Gasteiger partial charge in [0.2, 0.25) is 0 Å². The highest BCUT2D eigenvalue weighted by Crippen LogP contribution is 2.19. The molecular formula is C20H19ClFNO5. The Hall–Kier alpha value is -2.64. The second-order valence-corrected chi connectivity index (χ2v) is 6.66. The second-order valence-electron chi connectivity index (χ2n) is 6.22. The monoisotopic (exact) mass is 407 g/mol. The van der Waals surface area contributed by atoms with Crippen molar-refractivity contribution in [1.82, 2.24) is 0 Å². The van der Waals surface area contributed by atoms with Crippen LogP contribution in [0.5, 0.6) is 5.75 Å². The van der Waals surface area contributed by atoms with Crippen LogP contribution in [-0.4, -0.2) is 37.8 Å². The molecule has 1 saturated heterocycles. The molecular weight excluding hydrogens is 389 g/mol. The van der Waals surface area contributed by atoms with Crippen LogP contribution in [0, 0.1) is 5.82 Å². The molecule has 1 aliphatic heterocycles. The molecule has 0 aliphatic carbocycles. The fourth-order valence-corrected chi connectivity index (χ4v) is 2.80. The molecule has 1 fully saturated rings. The summed E-state index contributed by atoms with van der Waals surface area (Å²) >= 11 is 5.65. The van der Waals surface area contributed by atoms with Gasteiger partial charge in [0.25, 0.3) is 5.91 Å². The molecule has 1 amide bonds. The van der Waals surface area contributed by atoms with E-state index in [1.807, 2.05) is 0 Å². The molecule has 3 rings (SSSR count). The molecule has 148 valence electrons. The number of carbonyl (C=O) groups excluding carboxylic acids is 2. The first-order valence-electron chi connectivity index (χ1n) is 8.78. The number of benzene rings is 2. The van der Waals surface area contributed by atoms with Crippen LogP contribution in [0.4, 0.5) is 10.1 Å². The van der Waals surface area contributed by atoms with Gasteiger partial charge < -0.3 is 19.5 Å². The van der Waals surface area contributed by atoms with Crippen molar-refractivity contribution in [2.45, 2.75) is 18.9 Å². The number of carbonyl (C=O) groups is 2. The summed E-state index contributed by atoms with van der Waals surface area (Å²) in [4.78, 5) is 23.9. The van der Waals surface area contributed by atoms with Crippen molar-refractivity contribution in [2.75, 3.05) is 25.1 Å². The molecule has 0 saturated carbocycles. The van der Waals surface area contributed by atoms with Gasteiger partial charge in [-0.1, -0.05) is 11.6 Å². The van der Waals surface area contributed by atoms with Gasteiger partial charge in [-0.25, -0.2) is 9.18 Å². The summed E-state index contributed by atoms with van der Waals surface area (Å²) in [6, 6.07) is 10.2. The fraction of sp³-hybridized carbons (Fsp3) is 0.300. The van der Waals surface area contributed by atoms with Crippen molar-refractivity contribution in [3.8, 4) is 5.75 Å². The van der Waals surface area contributed by atoms with Gasteiger partial charge in [0.15, 0.2) is 6.61 Å². The predicted octanol–water partition coefficient (Wildman–Crippen LogP) is 3.83. The summed E-state index contributed by atoms with van der Waals surface area (Å²) < 4.78 is 29.7. The van der Waals surface area contributed by atoms with Crippen LogP contribution < -0.4 is 10.1 Å². The lowest BCUT2D eigenvalue weighted by Crippen LogP contribution is -2.21. The third kappa shape index (κ3) is 5.68. The van der Waals surface area contributed by atoms with Gasteiger partial charge in [-0.3, -0.25) is 4.79 Å². The van der Waals surface area contributed by atoms with Crippen LogP contribution in [0.1, 0.15) is 23.2 Å². The summed E-state index contributed by atoms with van der Waals surface area (Å²) in [6.45, 7) is 0.681. The zero-order valence-corrected chi connectivity index (χ0v) is 15.7. The van der Waals surface area contributed by atoms with E-state index in [0.29, 0.717) is 12.4 Å². The van der Waals surface area contributed by atoms with E-state index >= 15 is 0 Å². The Morgan fingerprint density at radius 3 is 2.68 bits per heavy atom. The van der Waals surface area contributed by atoms with Gasteiger partial charge in [0, 0.05) is 11.6 Å². The Labute approximate surface area is 166 Å². The number of hydrogen-bond donors (Lipinski definition) is 1. The Morgan fingerprint density at radius 2 is 2.00 bits per heavy atom. The maximum Gasteiger partial charge on any atom is 0.338 e. The van der Waals surface area contributed by atoms with Gasteiger partial charge in [-0.15, -0.1) is 0 Å². The van der Waals surface area contributed by atoms with E-state index in [9.17, 15) is 14.0 Å². The van der Waals surface area contributed by atoms with Crippen molar-refractivity contribution in [3.05, 3.63) is 58.9 Å². The molecule has 6 nitrogen and oxygen atoms in total. The fourth-order valence-electron chi connectivity index (χ4n) is 2.64. The van der Waals surface area contributed by atoms with Crippen LogP contribution in [0.15, 0.2) is 42.5 Å². The zero-order valence-electron chi connectivity index (χ0n) is 15.0. The van der Waals surface area contributed by atoms with E-state index in [4.69, 9.17) is 25.8 Å². The van der Waals surface area contributed by atoms with E-state index in [1.54, 1.807) is 24.3 Å². The van der Waals surface area contributed by atoms with Gasteiger partial charge in [-0.2, -0.15) is 0 Å². The highest BCUT2D eigenvalue weighted by molar-refractivity contribution is 6.30. The number of hydrogen-bond acceptors (Lipinski definition) is 5. The SMILES string of the molecule is O=C(COC(=O)c1ccc(OC[C@@H]2CCCO2)cc1)Nc1ccc(Cl)cc1F. The number of halogens is 2. The van der Waals surface area contributed by atoms with Crippen molar-refractivity contribution in [3.63, 3.8) is 0 Å². The lowest BCUT2D eigenvalue weighted by Gasteiger charge is -2.11. The second kappa shape index (κ2) is 9.52. The molecule has 1 atom stereocenters. The number of ether oxygens (including phenoxy) is 3. The van der Waals surface area contributed by atoms with Crippen molar-refractivity contribution in [2.24, 2.45) is 0 Å². The Bertz CT molecular complexity index is 837. The topological polar surface area (TPSA) is 73.9 Å². The van der Waals surface area contributed by atoms with E-state index in [0.717, 1.165) is 25.5 Å². The van der Waals surface area contributed by atoms with Gasteiger partial charge >= 0.3 is 5.97 Å². The highest BCUT2D eigenvalue weighted by Gasteiger charge is 2.16. The summed E-state index contributed by atoms with van der Waals surface area (Å²) in [5.74, 6) is -1.39. The predicted molar refractivity (Wildman–Crippen MR) is 101 cm³/mol. The molecule has 0 spiro atoms. The van der Waals surface area contributed by atoms with Gasteiger partial charge in [0.1, 0.15) is 18.2 Å². The number of rotatable bonds is 7. The minimum atomic E-state index is -0.675. The molecule has 8 heteroatoms. The van der Waals surface area contributed by atoms with Crippen LogP contribution >= 0.6 is 11.6 Å². The summed E-state index contributed by atoms with van der Waals surface area (Å²) in [6.07, 6.45) is 2.12. The van der Waals surface area contributed by atoms with Crippen LogP contribution in [0.3, 0.4) is 0 Å². The first-order chi connectivity index (χ1) is 13.5. The molecule has 0 aromatic heterocycles. The molecule has 2 aromatic carbocycles. The molecule has 2 aromatic rings. The Morgan fingerprint density at radius 1 is 1.21 bits per heavy atom. The molecule has 1 heterocycles. The molecule has 0 unspecified atom stereocenters. The van der Waals surface area contributed by atoms with E-state index < -0.39 is 24.3 Å². The largest absolute Gasteiger partial charge is 0.491 e. The molecule has 1 N–H and O–H groups in total. The Kier molecular flexibility index (Phi) is 6.84. The van der Waals surface area contributed by atoms with Crippen LogP contribution in [-0.2, 0) is 14.3 Å². The highest BCUT2D eigenvalue weighted by atomic mass is 35.5. The first kappa shape index (κ1) is 20.1. The summed E-state index contributed by atoms with van der Waals surface area (Å²) in [7, 11) is 0. The van der Waals surface area contributed by atoms with Crippen molar-refractivity contribution < 1.29 is 28.2 Å². The van der Waals surface area contributed by atoms with Crippen LogP contribution in [0.2, 0.25) is 5.02 Å². The lowest BCUT2D eigenvalue weighted by atomic mass is 10.2. The lowest BCUT2D eigenvalue weighted by molar-refractivity contribution is -0.119. The van der Waals surface area contributed by atoms with E-state index in [1.165, 1.54) is 12.1 Å². The standard InChI is InChI=1S/C20H19ClFNO5/c21-14-5-8-18(17(22)10-14)23-19(24)12-28-20(25)13-3-6-15(7-4-13)27-11-16-2-1-9-26-16/h3-8,10,16H,1-2,9,11-12H2,(H,23,24)/t16-/m0/s1. The third-order valence-electron chi connectivity index (χ3n) is 4.09. The zero-order chi connectivity index (χ0) is 19.9. The average Bonchev–Trinajstić information content (AvgIpc) is 3.21. The maximum absolute atomic E-state index is 13.6. The number of amides is 1.